The van der Waals surface area contributed by atoms with Crippen LogP contribution in [0.5, 0.6) is 0 Å². The molecule has 1 amide bonds. The molecule has 0 saturated carbocycles. The summed E-state index contributed by atoms with van der Waals surface area (Å²) < 4.78 is 41.2. The fourth-order valence-corrected chi connectivity index (χ4v) is 3.84. The molecule has 0 aliphatic carbocycles. The predicted molar refractivity (Wildman–Crippen MR) is 94.7 cm³/mol. The van der Waals surface area contributed by atoms with Crippen molar-refractivity contribution in [2.45, 2.75) is 19.1 Å². The summed E-state index contributed by atoms with van der Waals surface area (Å²) in [5, 5.41) is 1.60. The summed E-state index contributed by atoms with van der Waals surface area (Å²) in [5.74, 6) is -0.348. The Morgan fingerprint density at radius 1 is 1.33 bits per heavy atom. The highest BCUT2D eigenvalue weighted by Crippen LogP contribution is 2.32. The van der Waals surface area contributed by atoms with Crippen molar-refractivity contribution in [3.05, 3.63) is 39.1 Å². The summed E-state index contributed by atoms with van der Waals surface area (Å²) in [6.07, 6.45) is -2.06. The second kappa shape index (κ2) is 6.52. The van der Waals surface area contributed by atoms with Crippen molar-refractivity contribution in [1.29, 1.82) is 0 Å². The van der Waals surface area contributed by atoms with Crippen molar-refractivity contribution < 1.29 is 18.0 Å². The van der Waals surface area contributed by atoms with Gasteiger partial charge in [0.15, 0.2) is 5.65 Å². The first-order valence-electron chi connectivity index (χ1n) is 8.19. The second-order valence-corrected chi connectivity index (χ2v) is 7.37. The number of amides is 1. The van der Waals surface area contributed by atoms with Gasteiger partial charge in [0.2, 0.25) is 5.91 Å². The number of likely N-dealkylation sites (tertiary alicyclic amines) is 1. The molecule has 0 spiro atoms. The zero-order valence-corrected chi connectivity index (χ0v) is 15.0. The first kappa shape index (κ1) is 17.8. The summed E-state index contributed by atoms with van der Waals surface area (Å²) in [7, 11) is 1.54. The van der Waals surface area contributed by atoms with Crippen LogP contribution in [0, 0.1) is 0 Å². The summed E-state index contributed by atoms with van der Waals surface area (Å²) in [6, 6.07) is 3.04. The third-order valence-electron chi connectivity index (χ3n) is 4.62. The fourth-order valence-electron chi connectivity index (χ4n) is 3.07. The molecule has 1 fully saturated rings. The molecule has 10 heteroatoms. The summed E-state index contributed by atoms with van der Waals surface area (Å²) in [4.78, 5) is 30.3. The van der Waals surface area contributed by atoms with E-state index >= 15 is 0 Å². The molecule has 27 heavy (non-hydrogen) atoms. The van der Waals surface area contributed by atoms with Gasteiger partial charge < -0.3 is 4.90 Å². The number of alkyl halides is 3. The topological polar surface area (TPSA) is 60.1 Å². The fraction of sp³-hybridized carbons (Fsp3) is 0.353. The number of halogens is 3. The van der Waals surface area contributed by atoms with Crippen molar-refractivity contribution in [3.63, 3.8) is 0 Å². The molecule has 0 bridgehead atoms. The van der Waals surface area contributed by atoms with Crippen LogP contribution in [0.4, 0.5) is 13.2 Å². The molecule has 0 atom stereocenters. The second-order valence-electron chi connectivity index (χ2n) is 6.43. The van der Waals surface area contributed by atoms with E-state index in [0.29, 0.717) is 22.3 Å². The number of carbonyl (C=O) groups excluding carboxylic acids is 1. The molecule has 1 aliphatic heterocycles. The van der Waals surface area contributed by atoms with Gasteiger partial charge in [-0.3, -0.25) is 13.9 Å². The third-order valence-corrected chi connectivity index (χ3v) is 5.56. The van der Waals surface area contributed by atoms with Gasteiger partial charge in [-0.25, -0.2) is 22.9 Å². The third kappa shape index (κ3) is 3.03. The zero-order chi connectivity index (χ0) is 19.3. The van der Waals surface area contributed by atoms with E-state index in [1.54, 1.807) is 18.5 Å². The molecule has 3 aromatic heterocycles. The molecule has 0 radical (unpaired) electrons. The standard InChI is InChI=1S/C17H15F3N4O2S/c1-22-16-12(24(17(22)26)7-14(25)23-5-11(18)6-23)2-9(4-21-16)10-3-13(15(19)20)27-8-10/h2-4,8,11,15H,5-7H2,1H3. The number of hydrogen-bond donors (Lipinski definition) is 0. The Morgan fingerprint density at radius 3 is 2.70 bits per heavy atom. The van der Waals surface area contributed by atoms with E-state index in [1.807, 2.05) is 0 Å². The lowest BCUT2D eigenvalue weighted by Gasteiger charge is -2.34. The zero-order valence-electron chi connectivity index (χ0n) is 14.2. The molecule has 0 aromatic carbocycles. The van der Waals surface area contributed by atoms with Gasteiger partial charge in [0.05, 0.1) is 23.5 Å². The predicted octanol–water partition coefficient (Wildman–Crippen LogP) is 2.58. The molecular formula is C17H15F3N4O2S. The molecule has 142 valence electrons. The number of imidazole rings is 1. The van der Waals surface area contributed by atoms with Crippen LogP contribution in [0.2, 0.25) is 0 Å². The van der Waals surface area contributed by atoms with Crippen molar-refractivity contribution in [2.24, 2.45) is 7.05 Å². The highest BCUT2D eigenvalue weighted by Gasteiger charge is 2.31. The van der Waals surface area contributed by atoms with Gasteiger partial charge in [-0.2, -0.15) is 0 Å². The number of pyridine rings is 1. The Balaban J connectivity index is 1.73. The van der Waals surface area contributed by atoms with E-state index in [4.69, 9.17) is 0 Å². The highest BCUT2D eigenvalue weighted by atomic mass is 32.1. The average molecular weight is 396 g/mol. The van der Waals surface area contributed by atoms with Crippen LogP contribution in [-0.2, 0) is 18.4 Å². The number of hydrogen-bond acceptors (Lipinski definition) is 4. The smallest absolute Gasteiger partial charge is 0.330 e. The van der Waals surface area contributed by atoms with Crippen LogP contribution in [0.15, 0.2) is 28.5 Å². The van der Waals surface area contributed by atoms with Gasteiger partial charge in [-0.1, -0.05) is 0 Å². The maximum Gasteiger partial charge on any atom is 0.330 e. The first-order valence-corrected chi connectivity index (χ1v) is 9.07. The number of nitrogens with zero attached hydrogens (tertiary/aromatic N) is 4. The van der Waals surface area contributed by atoms with Crippen molar-refractivity contribution in [1.82, 2.24) is 19.0 Å². The molecule has 4 rings (SSSR count). The van der Waals surface area contributed by atoms with Crippen LogP contribution in [0.1, 0.15) is 11.3 Å². The molecule has 1 saturated heterocycles. The van der Waals surface area contributed by atoms with E-state index in [9.17, 15) is 22.8 Å². The maximum absolute atomic E-state index is 13.0. The van der Waals surface area contributed by atoms with E-state index in [0.717, 1.165) is 11.3 Å². The summed E-state index contributed by atoms with van der Waals surface area (Å²) in [5.41, 5.74) is 1.54. The van der Waals surface area contributed by atoms with Crippen LogP contribution in [-0.4, -0.2) is 44.2 Å². The molecule has 0 unspecified atom stereocenters. The van der Waals surface area contributed by atoms with Gasteiger partial charge in [-0.15, -0.1) is 11.3 Å². The lowest BCUT2D eigenvalue weighted by molar-refractivity contribution is -0.138. The lowest BCUT2D eigenvalue weighted by Crippen LogP contribution is -2.52. The van der Waals surface area contributed by atoms with Crippen molar-refractivity contribution >= 4 is 28.4 Å². The molecule has 1 aliphatic rings. The highest BCUT2D eigenvalue weighted by molar-refractivity contribution is 7.10. The Kier molecular flexibility index (Phi) is 4.29. The number of fused-ring (bicyclic) bond motifs is 1. The average Bonchev–Trinajstić information content (AvgIpc) is 3.19. The molecule has 4 heterocycles. The lowest BCUT2D eigenvalue weighted by atomic mass is 10.1. The van der Waals surface area contributed by atoms with Crippen molar-refractivity contribution in [3.8, 4) is 11.1 Å². The van der Waals surface area contributed by atoms with Crippen LogP contribution in [0.25, 0.3) is 22.3 Å². The van der Waals surface area contributed by atoms with E-state index in [-0.39, 0.29) is 30.4 Å². The number of thiophene rings is 1. The Hall–Kier alpha value is -2.62. The van der Waals surface area contributed by atoms with Gasteiger partial charge in [0, 0.05) is 18.8 Å². The van der Waals surface area contributed by atoms with Gasteiger partial charge >= 0.3 is 5.69 Å². The van der Waals surface area contributed by atoms with Crippen LogP contribution < -0.4 is 5.69 Å². The van der Waals surface area contributed by atoms with Crippen molar-refractivity contribution in [2.75, 3.05) is 13.1 Å². The Bertz CT molecular complexity index is 1080. The SMILES string of the molecule is Cn1c(=O)n(CC(=O)N2CC(F)C2)c2cc(-c3csc(C(F)F)c3)cnc21. The first-order chi connectivity index (χ1) is 12.8. The molecule has 3 aromatic rings. The van der Waals surface area contributed by atoms with Gasteiger partial charge in [-0.05, 0) is 23.1 Å². The molecule has 0 N–H and O–H groups in total. The van der Waals surface area contributed by atoms with E-state index < -0.39 is 18.3 Å². The largest absolute Gasteiger partial charge is 0.335 e. The monoisotopic (exact) mass is 396 g/mol. The molecular weight excluding hydrogens is 381 g/mol. The van der Waals surface area contributed by atoms with Crippen LogP contribution >= 0.6 is 11.3 Å². The summed E-state index contributed by atoms with van der Waals surface area (Å²) in [6.45, 7) is -0.153. The normalized spacial score (nSPS) is 14.9. The summed E-state index contributed by atoms with van der Waals surface area (Å²) >= 11 is 0.948. The number of aryl methyl sites for hydroxylation is 1. The minimum absolute atomic E-state index is 0.0349. The number of carbonyl (C=O) groups is 1. The quantitative estimate of drug-likeness (QED) is 0.681. The van der Waals surface area contributed by atoms with Crippen LogP contribution in [0.3, 0.4) is 0 Å². The Morgan fingerprint density at radius 2 is 2.07 bits per heavy atom. The van der Waals surface area contributed by atoms with E-state index in [2.05, 4.69) is 4.98 Å². The number of rotatable bonds is 4. The minimum Gasteiger partial charge on any atom is -0.335 e. The maximum atomic E-state index is 13.0. The van der Waals surface area contributed by atoms with E-state index in [1.165, 1.54) is 26.3 Å². The minimum atomic E-state index is -2.55. The van der Waals surface area contributed by atoms with Gasteiger partial charge in [0.25, 0.3) is 6.43 Å². The molecule has 6 nitrogen and oxygen atoms in total. The van der Waals surface area contributed by atoms with Gasteiger partial charge in [0.1, 0.15) is 12.7 Å². The Labute approximate surface area is 155 Å². The number of aromatic nitrogens is 3.